The Morgan fingerprint density at radius 3 is 2.25 bits per heavy atom. The van der Waals surface area contributed by atoms with Crippen LogP contribution in [0.2, 0.25) is 0 Å². The highest BCUT2D eigenvalue weighted by molar-refractivity contribution is 6.06. The fraction of sp³-hybridized carbons (Fsp3) is 0.636. The van der Waals surface area contributed by atoms with Gasteiger partial charge in [-0.25, -0.2) is 9.59 Å². The first-order valence-electron chi connectivity index (χ1n) is 5.06. The van der Waals surface area contributed by atoms with Gasteiger partial charge in [0.1, 0.15) is 0 Å². The molecule has 0 amide bonds. The van der Waals surface area contributed by atoms with E-state index < -0.39 is 17.5 Å². The molecule has 5 nitrogen and oxygen atoms in total. The fourth-order valence-corrected chi connectivity index (χ4v) is 2.30. The predicted octanol–water partition coefficient (Wildman–Crippen LogP) is 0.209. The topological polar surface area (TPSA) is 55.8 Å². The molecule has 0 aliphatic carbocycles. The maximum absolute atomic E-state index is 11.9. The molecular weight excluding hydrogens is 210 g/mol. The van der Waals surface area contributed by atoms with Gasteiger partial charge >= 0.3 is 11.9 Å². The minimum absolute atomic E-state index is 0.280. The summed E-state index contributed by atoms with van der Waals surface area (Å²) in [7, 11) is 4.23. The second kappa shape index (κ2) is 4.65. The molecule has 0 radical (unpaired) electrons. The molecule has 0 N–H and O–H groups in total. The number of likely N-dealkylation sites (tertiary alicyclic amines) is 1. The Balaban J connectivity index is 3.25. The number of hydrogen-bond donors (Lipinski definition) is 0. The Labute approximate surface area is 95.0 Å². The standard InChI is InChI=1S/C11H17NO4/c1-5-8-6-7-12(2)11(8,9(13)15-3)10(14)16-4/h5,8H,1,6-7H2,2-4H3. The molecule has 1 saturated heterocycles. The van der Waals surface area contributed by atoms with Crippen LogP contribution in [0.25, 0.3) is 0 Å². The molecule has 1 rings (SSSR count). The van der Waals surface area contributed by atoms with Crippen LogP contribution in [0.15, 0.2) is 12.7 Å². The summed E-state index contributed by atoms with van der Waals surface area (Å²) in [6, 6.07) is 0. The summed E-state index contributed by atoms with van der Waals surface area (Å²) in [6.45, 7) is 4.29. The molecule has 1 aliphatic heterocycles. The minimum atomic E-state index is -1.37. The van der Waals surface area contributed by atoms with E-state index in [1.54, 1.807) is 18.0 Å². The largest absolute Gasteiger partial charge is 0.467 e. The Morgan fingerprint density at radius 2 is 1.88 bits per heavy atom. The van der Waals surface area contributed by atoms with E-state index in [9.17, 15) is 9.59 Å². The lowest BCUT2D eigenvalue weighted by Crippen LogP contribution is -2.59. The highest BCUT2D eigenvalue weighted by atomic mass is 16.5. The van der Waals surface area contributed by atoms with Gasteiger partial charge in [0.25, 0.3) is 0 Å². The predicted molar refractivity (Wildman–Crippen MR) is 57.7 cm³/mol. The van der Waals surface area contributed by atoms with Crippen molar-refractivity contribution >= 4 is 11.9 Å². The smallest absolute Gasteiger partial charge is 0.338 e. The normalized spacial score (nSPS) is 23.8. The quantitative estimate of drug-likeness (QED) is 0.392. The third-order valence-electron chi connectivity index (χ3n) is 3.19. The van der Waals surface area contributed by atoms with Gasteiger partial charge in [-0.15, -0.1) is 6.58 Å². The second-order valence-corrected chi connectivity index (χ2v) is 3.80. The van der Waals surface area contributed by atoms with Gasteiger partial charge in [0, 0.05) is 12.5 Å². The first-order chi connectivity index (χ1) is 7.55. The maximum Gasteiger partial charge on any atom is 0.338 e. The molecule has 0 spiro atoms. The number of carbonyl (C=O) groups is 2. The van der Waals surface area contributed by atoms with Crippen molar-refractivity contribution in [3.8, 4) is 0 Å². The molecule has 1 atom stereocenters. The molecule has 0 aromatic rings. The molecule has 0 aromatic heterocycles. The van der Waals surface area contributed by atoms with Gasteiger partial charge in [-0.3, -0.25) is 4.90 Å². The summed E-state index contributed by atoms with van der Waals surface area (Å²) in [4.78, 5) is 25.5. The lowest BCUT2D eigenvalue weighted by atomic mass is 9.84. The molecule has 1 fully saturated rings. The van der Waals surface area contributed by atoms with Crippen molar-refractivity contribution in [1.29, 1.82) is 0 Å². The van der Waals surface area contributed by atoms with E-state index in [1.165, 1.54) is 14.2 Å². The van der Waals surface area contributed by atoms with Crippen LogP contribution in [-0.2, 0) is 19.1 Å². The number of methoxy groups -OCH3 is 2. The third kappa shape index (κ3) is 1.51. The van der Waals surface area contributed by atoms with Crippen LogP contribution in [0.1, 0.15) is 6.42 Å². The van der Waals surface area contributed by atoms with Gasteiger partial charge in [-0.05, 0) is 13.5 Å². The van der Waals surface area contributed by atoms with E-state index in [0.29, 0.717) is 13.0 Å². The van der Waals surface area contributed by atoms with Crippen molar-refractivity contribution in [3.05, 3.63) is 12.7 Å². The Morgan fingerprint density at radius 1 is 1.38 bits per heavy atom. The average Bonchev–Trinajstić information content (AvgIpc) is 2.65. The van der Waals surface area contributed by atoms with Crippen molar-refractivity contribution < 1.29 is 19.1 Å². The van der Waals surface area contributed by atoms with E-state index in [1.807, 2.05) is 0 Å². The van der Waals surface area contributed by atoms with Crippen LogP contribution in [0.3, 0.4) is 0 Å². The number of carbonyl (C=O) groups excluding carboxylic acids is 2. The summed E-state index contributed by atoms with van der Waals surface area (Å²) in [5.41, 5.74) is -1.37. The van der Waals surface area contributed by atoms with E-state index in [2.05, 4.69) is 6.58 Å². The maximum atomic E-state index is 11.9. The summed E-state index contributed by atoms with van der Waals surface area (Å²) in [6.07, 6.45) is 2.29. The second-order valence-electron chi connectivity index (χ2n) is 3.80. The zero-order chi connectivity index (χ0) is 12.3. The first-order valence-corrected chi connectivity index (χ1v) is 5.06. The van der Waals surface area contributed by atoms with Crippen molar-refractivity contribution in [2.75, 3.05) is 27.8 Å². The number of hydrogen-bond acceptors (Lipinski definition) is 5. The number of likely N-dealkylation sites (N-methyl/N-ethyl adjacent to an activating group) is 1. The third-order valence-corrected chi connectivity index (χ3v) is 3.19. The fourth-order valence-electron chi connectivity index (χ4n) is 2.30. The molecule has 1 unspecified atom stereocenters. The molecule has 0 aromatic carbocycles. The number of ether oxygens (including phenoxy) is 2. The molecule has 5 heteroatoms. The van der Waals surface area contributed by atoms with Crippen LogP contribution in [0.4, 0.5) is 0 Å². The average molecular weight is 227 g/mol. The lowest BCUT2D eigenvalue weighted by Gasteiger charge is -2.33. The Kier molecular flexibility index (Phi) is 3.70. The van der Waals surface area contributed by atoms with E-state index in [0.717, 1.165) is 0 Å². The van der Waals surface area contributed by atoms with Crippen molar-refractivity contribution in [2.24, 2.45) is 5.92 Å². The SMILES string of the molecule is C=CC1CCN(C)C1(C(=O)OC)C(=O)OC. The number of esters is 2. The molecule has 0 bridgehead atoms. The zero-order valence-electron chi connectivity index (χ0n) is 9.86. The Hall–Kier alpha value is -1.36. The first kappa shape index (κ1) is 12.7. The Bertz CT molecular complexity index is 297. The van der Waals surface area contributed by atoms with Gasteiger partial charge in [0.05, 0.1) is 14.2 Å². The van der Waals surface area contributed by atoms with Crippen LogP contribution < -0.4 is 0 Å². The van der Waals surface area contributed by atoms with Gasteiger partial charge < -0.3 is 9.47 Å². The summed E-state index contributed by atoms with van der Waals surface area (Å²) >= 11 is 0. The highest BCUT2D eigenvalue weighted by Gasteiger charge is 2.59. The number of nitrogens with zero attached hydrogens (tertiary/aromatic N) is 1. The van der Waals surface area contributed by atoms with Gasteiger partial charge in [-0.2, -0.15) is 0 Å². The van der Waals surface area contributed by atoms with Crippen molar-refractivity contribution in [1.82, 2.24) is 4.90 Å². The van der Waals surface area contributed by atoms with Crippen LogP contribution in [-0.4, -0.2) is 50.2 Å². The van der Waals surface area contributed by atoms with E-state index >= 15 is 0 Å². The van der Waals surface area contributed by atoms with Gasteiger partial charge in [-0.1, -0.05) is 6.08 Å². The number of rotatable bonds is 3. The van der Waals surface area contributed by atoms with Crippen LogP contribution in [0, 0.1) is 5.92 Å². The molecule has 1 heterocycles. The van der Waals surface area contributed by atoms with Crippen LogP contribution in [0.5, 0.6) is 0 Å². The molecule has 16 heavy (non-hydrogen) atoms. The highest BCUT2D eigenvalue weighted by Crippen LogP contribution is 2.36. The summed E-state index contributed by atoms with van der Waals surface area (Å²) in [5, 5.41) is 0. The van der Waals surface area contributed by atoms with Gasteiger partial charge in [0.2, 0.25) is 5.54 Å². The monoisotopic (exact) mass is 227 g/mol. The summed E-state index contributed by atoms with van der Waals surface area (Å²) in [5.74, 6) is -1.47. The van der Waals surface area contributed by atoms with E-state index in [-0.39, 0.29) is 5.92 Å². The zero-order valence-corrected chi connectivity index (χ0v) is 9.86. The molecular formula is C11H17NO4. The molecule has 1 aliphatic rings. The van der Waals surface area contributed by atoms with Crippen molar-refractivity contribution in [3.63, 3.8) is 0 Å². The summed E-state index contributed by atoms with van der Waals surface area (Å²) < 4.78 is 9.47. The minimum Gasteiger partial charge on any atom is -0.467 e. The molecule has 90 valence electrons. The lowest BCUT2D eigenvalue weighted by molar-refractivity contribution is -0.170. The van der Waals surface area contributed by atoms with Gasteiger partial charge in [0.15, 0.2) is 0 Å². The molecule has 0 saturated carbocycles. The van der Waals surface area contributed by atoms with Crippen LogP contribution >= 0.6 is 0 Å². The van der Waals surface area contributed by atoms with E-state index in [4.69, 9.17) is 9.47 Å². The van der Waals surface area contributed by atoms with Crippen molar-refractivity contribution in [2.45, 2.75) is 12.0 Å².